The molecular formula is C17H36N2. The Morgan fingerprint density at radius 3 is 2.21 bits per heavy atom. The molecule has 19 heavy (non-hydrogen) atoms. The van der Waals surface area contributed by atoms with Crippen LogP contribution in [0.4, 0.5) is 0 Å². The van der Waals surface area contributed by atoms with Crippen molar-refractivity contribution in [2.45, 2.75) is 72.8 Å². The number of rotatable bonds is 5. The number of nitrogens with zero attached hydrogens (tertiary/aromatic N) is 1. The van der Waals surface area contributed by atoms with Crippen LogP contribution in [0.5, 0.6) is 0 Å². The van der Waals surface area contributed by atoms with Crippen LogP contribution in [0, 0.1) is 11.3 Å². The van der Waals surface area contributed by atoms with Gasteiger partial charge in [0.25, 0.3) is 0 Å². The minimum atomic E-state index is 0.648. The Morgan fingerprint density at radius 1 is 1.16 bits per heavy atom. The summed E-state index contributed by atoms with van der Waals surface area (Å²) in [4.78, 5) is 2.65. The van der Waals surface area contributed by atoms with Crippen molar-refractivity contribution in [3.05, 3.63) is 0 Å². The molecule has 2 heteroatoms. The normalized spacial score (nSPS) is 23.1. The zero-order valence-corrected chi connectivity index (χ0v) is 14.0. The molecule has 2 aliphatic rings. The predicted molar refractivity (Wildman–Crippen MR) is 85.6 cm³/mol. The van der Waals surface area contributed by atoms with Gasteiger partial charge in [0.15, 0.2) is 0 Å². The van der Waals surface area contributed by atoms with Gasteiger partial charge < -0.3 is 10.2 Å². The first-order valence-electron chi connectivity index (χ1n) is 8.59. The molecule has 1 N–H and O–H groups in total. The van der Waals surface area contributed by atoms with Gasteiger partial charge in [0.1, 0.15) is 0 Å². The topological polar surface area (TPSA) is 15.3 Å². The van der Waals surface area contributed by atoms with Gasteiger partial charge >= 0.3 is 0 Å². The first-order chi connectivity index (χ1) is 9.13. The molecule has 1 saturated heterocycles. The van der Waals surface area contributed by atoms with Gasteiger partial charge in [-0.25, -0.2) is 0 Å². The third kappa shape index (κ3) is 5.07. The lowest BCUT2D eigenvalue weighted by Gasteiger charge is -2.53. The van der Waals surface area contributed by atoms with Crippen LogP contribution in [0.1, 0.15) is 66.7 Å². The lowest BCUT2D eigenvalue weighted by atomic mass is 9.66. The van der Waals surface area contributed by atoms with E-state index in [-0.39, 0.29) is 0 Å². The number of hydrogen-bond acceptors (Lipinski definition) is 2. The van der Waals surface area contributed by atoms with E-state index in [0.29, 0.717) is 6.04 Å². The molecule has 1 heterocycles. The van der Waals surface area contributed by atoms with Gasteiger partial charge in [0.05, 0.1) is 0 Å². The van der Waals surface area contributed by atoms with Gasteiger partial charge in [-0.15, -0.1) is 0 Å². The Labute approximate surface area is 121 Å². The Kier molecular flexibility index (Phi) is 7.38. The van der Waals surface area contributed by atoms with E-state index >= 15 is 0 Å². The van der Waals surface area contributed by atoms with Gasteiger partial charge in [-0.2, -0.15) is 0 Å². The highest BCUT2D eigenvalue weighted by Gasteiger charge is 2.44. The van der Waals surface area contributed by atoms with E-state index in [4.69, 9.17) is 0 Å². The standard InChI is InChI=1S/C15H30N2.C2H6/c1-4-9-17-11-15(12-17)7-5-14(6-8-15)10-16-13(2)3;1-2/h13-14,16H,4-12H2,1-3H3;1-2H3. The maximum atomic E-state index is 3.60. The van der Waals surface area contributed by atoms with Crippen LogP contribution in [0.15, 0.2) is 0 Å². The highest BCUT2D eigenvalue weighted by atomic mass is 15.2. The molecule has 0 amide bonds. The molecule has 2 rings (SSSR count). The van der Waals surface area contributed by atoms with E-state index in [1.807, 2.05) is 13.8 Å². The van der Waals surface area contributed by atoms with Crippen LogP contribution in [0.25, 0.3) is 0 Å². The van der Waals surface area contributed by atoms with E-state index in [9.17, 15) is 0 Å². The Balaban J connectivity index is 0.000000861. The fraction of sp³-hybridized carbons (Fsp3) is 1.00. The molecule has 1 aliphatic heterocycles. The molecule has 2 nitrogen and oxygen atoms in total. The number of hydrogen-bond donors (Lipinski definition) is 1. The van der Waals surface area contributed by atoms with E-state index in [1.165, 1.54) is 58.3 Å². The van der Waals surface area contributed by atoms with Crippen molar-refractivity contribution in [2.24, 2.45) is 11.3 Å². The summed E-state index contributed by atoms with van der Waals surface area (Å²) in [5, 5.41) is 3.60. The summed E-state index contributed by atoms with van der Waals surface area (Å²) >= 11 is 0. The molecular weight excluding hydrogens is 232 g/mol. The van der Waals surface area contributed by atoms with Crippen molar-refractivity contribution in [3.63, 3.8) is 0 Å². The van der Waals surface area contributed by atoms with Crippen molar-refractivity contribution in [2.75, 3.05) is 26.2 Å². The fourth-order valence-corrected chi connectivity index (χ4v) is 3.59. The van der Waals surface area contributed by atoms with Gasteiger partial charge in [0.2, 0.25) is 0 Å². The predicted octanol–water partition coefficient (Wildman–Crippen LogP) is 3.91. The number of likely N-dealkylation sites (tertiary alicyclic amines) is 1. The van der Waals surface area contributed by atoms with Gasteiger partial charge in [-0.1, -0.05) is 34.6 Å². The minimum absolute atomic E-state index is 0.648. The second-order valence-corrected chi connectivity index (χ2v) is 6.72. The second-order valence-electron chi connectivity index (χ2n) is 6.72. The summed E-state index contributed by atoms with van der Waals surface area (Å²) in [6.45, 7) is 16.1. The van der Waals surface area contributed by atoms with Gasteiger partial charge in [0, 0.05) is 19.1 Å². The zero-order chi connectivity index (χ0) is 14.3. The molecule has 114 valence electrons. The quantitative estimate of drug-likeness (QED) is 0.813. The summed E-state index contributed by atoms with van der Waals surface area (Å²) in [7, 11) is 0. The van der Waals surface area contributed by atoms with E-state index < -0.39 is 0 Å². The molecule has 0 atom stereocenters. The van der Waals surface area contributed by atoms with Crippen molar-refractivity contribution in [1.29, 1.82) is 0 Å². The summed E-state index contributed by atoms with van der Waals surface area (Å²) in [6, 6.07) is 0.648. The van der Waals surface area contributed by atoms with Crippen LogP contribution in [-0.2, 0) is 0 Å². The van der Waals surface area contributed by atoms with Crippen molar-refractivity contribution < 1.29 is 0 Å². The Hall–Kier alpha value is -0.0800. The summed E-state index contributed by atoms with van der Waals surface area (Å²) in [6.07, 6.45) is 7.20. The highest BCUT2D eigenvalue weighted by Crippen LogP contribution is 2.45. The van der Waals surface area contributed by atoms with E-state index in [2.05, 4.69) is 31.0 Å². The van der Waals surface area contributed by atoms with Crippen molar-refractivity contribution >= 4 is 0 Å². The van der Waals surface area contributed by atoms with E-state index in [1.54, 1.807) is 0 Å². The van der Waals surface area contributed by atoms with Gasteiger partial charge in [-0.05, 0) is 56.5 Å². The fourth-order valence-electron chi connectivity index (χ4n) is 3.59. The molecule has 1 spiro atoms. The third-order valence-electron chi connectivity index (χ3n) is 4.64. The largest absolute Gasteiger partial charge is 0.314 e. The van der Waals surface area contributed by atoms with Crippen LogP contribution in [0.3, 0.4) is 0 Å². The molecule has 1 aliphatic carbocycles. The molecule has 2 fully saturated rings. The molecule has 1 saturated carbocycles. The first-order valence-corrected chi connectivity index (χ1v) is 8.59. The Morgan fingerprint density at radius 2 is 1.74 bits per heavy atom. The number of nitrogens with one attached hydrogen (secondary N) is 1. The highest BCUT2D eigenvalue weighted by molar-refractivity contribution is 4.97. The van der Waals surface area contributed by atoms with Gasteiger partial charge in [-0.3, -0.25) is 0 Å². The third-order valence-corrected chi connectivity index (χ3v) is 4.64. The lowest BCUT2D eigenvalue weighted by Crippen LogP contribution is -2.57. The maximum Gasteiger partial charge on any atom is 0.00505 e. The summed E-state index contributed by atoms with van der Waals surface area (Å²) < 4.78 is 0. The van der Waals surface area contributed by atoms with Crippen molar-refractivity contribution in [1.82, 2.24) is 10.2 Å². The molecule has 0 aromatic rings. The van der Waals surface area contributed by atoms with Crippen molar-refractivity contribution in [3.8, 4) is 0 Å². The zero-order valence-electron chi connectivity index (χ0n) is 14.0. The molecule has 0 radical (unpaired) electrons. The van der Waals surface area contributed by atoms with Crippen LogP contribution < -0.4 is 5.32 Å². The summed E-state index contributed by atoms with van der Waals surface area (Å²) in [5.41, 5.74) is 0.740. The minimum Gasteiger partial charge on any atom is -0.314 e. The summed E-state index contributed by atoms with van der Waals surface area (Å²) in [5.74, 6) is 0.947. The monoisotopic (exact) mass is 268 g/mol. The molecule has 0 bridgehead atoms. The first kappa shape index (κ1) is 17.0. The second kappa shape index (κ2) is 8.26. The molecule has 0 unspecified atom stereocenters. The average Bonchev–Trinajstić information content (AvgIpc) is 2.39. The van der Waals surface area contributed by atoms with Crippen LogP contribution >= 0.6 is 0 Å². The van der Waals surface area contributed by atoms with E-state index in [0.717, 1.165) is 11.3 Å². The smallest absolute Gasteiger partial charge is 0.00505 e. The lowest BCUT2D eigenvalue weighted by molar-refractivity contribution is -0.0374. The molecule has 0 aromatic carbocycles. The molecule has 0 aromatic heterocycles. The average molecular weight is 268 g/mol. The SMILES string of the molecule is CC.CCCN1CC2(CCC(CNC(C)C)CC2)C1. The maximum absolute atomic E-state index is 3.60. The Bertz CT molecular complexity index is 221. The van der Waals surface area contributed by atoms with Crippen LogP contribution in [0.2, 0.25) is 0 Å². The van der Waals surface area contributed by atoms with Crippen LogP contribution in [-0.4, -0.2) is 37.1 Å².